The van der Waals surface area contributed by atoms with E-state index in [1.807, 2.05) is 0 Å². The molecule has 7 heteroatoms. The normalized spacial score (nSPS) is 10.3. The molecular formula is C16H26N3O4+. The van der Waals surface area contributed by atoms with Crippen molar-refractivity contribution in [3.63, 3.8) is 0 Å². The Kier molecular flexibility index (Phi) is 7.90. The average Bonchev–Trinajstić information content (AvgIpc) is 2.58. The van der Waals surface area contributed by atoms with Crippen LogP contribution in [0.3, 0.4) is 0 Å². The van der Waals surface area contributed by atoms with Crippen LogP contribution in [0, 0.1) is 0 Å². The molecule has 0 unspecified atom stereocenters. The zero-order chi connectivity index (χ0) is 17.2. The van der Waals surface area contributed by atoms with Gasteiger partial charge < -0.3 is 25.0 Å². The van der Waals surface area contributed by atoms with Crippen molar-refractivity contribution in [1.82, 2.24) is 5.32 Å². The van der Waals surface area contributed by atoms with E-state index in [1.165, 1.54) is 19.1 Å². The fourth-order valence-electron chi connectivity index (χ4n) is 2.14. The van der Waals surface area contributed by atoms with Crippen molar-refractivity contribution >= 4 is 17.5 Å². The molecule has 3 N–H and O–H groups in total. The largest absolute Gasteiger partial charge is 0.493 e. The number of methoxy groups -OCH3 is 2. The van der Waals surface area contributed by atoms with Crippen molar-refractivity contribution in [3.8, 4) is 11.5 Å². The van der Waals surface area contributed by atoms with Gasteiger partial charge in [0.2, 0.25) is 0 Å². The highest BCUT2D eigenvalue weighted by molar-refractivity contribution is 6.39. The number of quaternary nitrogens is 1. The molecule has 1 aromatic carbocycles. The van der Waals surface area contributed by atoms with Crippen LogP contribution < -0.4 is 25.0 Å². The molecule has 1 aromatic rings. The van der Waals surface area contributed by atoms with E-state index in [0.717, 1.165) is 19.6 Å². The van der Waals surface area contributed by atoms with Crippen LogP contribution in [0.1, 0.15) is 13.8 Å². The number of carbonyl (C=O) groups excluding carboxylic acids is 2. The number of hydrogen-bond acceptors (Lipinski definition) is 4. The maximum atomic E-state index is 11.9. The number of carbonyl (C=O) groups is 2. The lowest BCUT2D eigenvalue weighted by Gasteiger charge is -2.15. The number of benzene rings is 1. The molecular weight excluding hydrogens is 298 g/mol. The Hall–Kier alpha value is -2.28. The van der Waals surface area contributed by atoms with Gasteiger partial charge in [-0.15, -0.1) is 0 Å². The Morgan fingerprint density at radius 1 is 1.04 bits per heavy atom. The molecule has 0 saturated carbocycles. The third-order valence-electron chi connectivity index (χ3n) is 3.61. The first-order valence-electron chi connectivity index (χ1n) is 7.70. The lowest BCUT2D eigenvalue weighted by molar-refractivity contribution is -0.895. The van der Waals surface area contributed by atoms with E-state index in [-0.39, 0.29) is 0 Å². The maximum Gasteiger partial charge on any atom is 0.313 e. The first kappa shape index (κ1) is 18.8. The molecule has 0 bridgehead atoms. The topological polar surface area (TPSA) is 81.1 Å². The molecule has 0 radical (unpaired) electrons. The van der Waals surface area contributed by atoms with E-state index >= 15 is 0 Å². The summed E-state index contributed by atoms with van der Waals surface area (Å²) >= 11 is 0. The molecule has 0 aliphatic heterocycles. The van der Waals surface area contributed by atoms with E-state index in [2.05, 4.69) is 24.5 Å². The van der Waals surface area contributed by atoms with Crippen molar-refractivity contribution in [1.29, 1.82) is 0 Å². The smallest absolute Gasteiger partial charge is 0.313 e. The Labute approximate surface area is 136 Å². The summed E-state index contributed by atoms with van der Waals surface area (Å²) in [7, 11) is 3.03. The van der Waals surface area contributed by atoms with Gasteiger partial charge in [0.1, 0.15) is 0 Å². The van der Waals surface area contributed by atoms with Crippen LogP contribution in [0.15, 0.2) is 18.2 Å². The molecule has 0 spiro atoms. The quantitative estimate of drug-likeness (QED) is 0.573. The van der Waals surface area contributed by atoms with Gasteiger partial charge in [0, 0.05) is 11.8 Å². The van der Waals surface area contributed by atoms with Crippen molar-refractivity contribution < 1.29 is 24.0 Å². The molecule has 128 valence electrons. The van der Waals surface area contributed by atoms with Gasteiger partial charge in [-0.3, -0.25) is 9.59 Å². The number of amides is 2. The first-order chi connectivity index (χ1) is 11.0. The van der Waals surface area contributed by atoms with Gasteiger partial charge in [-0.05, 0) is 26.0 Å². The standard InChI is InChI=1S/C16H25N3O4/c1-5-19(6-2)10-9-17-15(20)16(21)18-12-7-8-13(22-3)14(11-12)23-4/h7-8,11H,5-6,9-10H2,1-4H3,(H,17,20)(H,18,21)/p+1. The third-order valence-corrected chi connectivity index (χ3v) is 3.61. The van der Waals surface area contributed by atoms with Gasteiger partial charge >= 0.3 is 11.8 Å². The number of ether oxygens (including phenoxy) is 2. The molecule has 0 fully saturated rings. The van der Waals surface area contributed by atoms with E-state index < -0.39 is 11.8 Å². The van der Waals surface area contributed by atoms with Crippen molar-refractivity contribution in [3.05, 3.63) is 18.2 Å². The molecule has 0 aliphatic carbocycles. The molecule has 0 saturated heterocycles. The van der Waals surface area contributed by atoms with Crippen molar-refractivity contribution in [2.45, 2.75) is 13.8 Å². The monoisotopic (exact) mass is 324 g/mol. The second-order valence-corrected chi connectivity index (χ2v) is 4.99. The zero-order valence-corrected chi connectivity index (χ0v) is 14.2. The minimum Gasteiger partial charge on any atom is -0.493 e. The van der Waals surface area contributed by atoms with Crippen LogP contribution in [0.5, 0.6) is 11.5 Å². The SMILES string of the molecule is CC[NH+](CC)CCNC(=O)C(=O)Nc1ccc(OC)c(OC)c1. The maximum absolute atomic E-state index is 11.9. The minimum atomic E-state index is -0.702. The highest BCUT2D eigenvalue weighted by Crippen LogP contribution is 2.29. The highest BCUT2D eigenvalue weighted by Gasteiger charge is 2.15. The summed E-state index contributed by atoms with van der Waals surface area (Å²) < 4.78 is 10.3. The van der Waals surface area contributed by atoms with Crippen LogP contribution in [0.4, 0.5) is 5.69 Å². The Bertz CT molecular complexity index is 530. The third kappa shape index (κ3) is 5.78. The van der Waals surface area contributed by atoms with E-state index in [9.17, 15) is 9.59 Å². The number of hydrogen-bond donors (Lipinski definition) is 3. The Morgan fingerprint density at radius 3 is 2.26 bits per heavy atom. The van der Waals surface area contributed by atoms with Gasteiger partial charge in [0.25, 0.3) is 0 Å². The molecule has 0 heterocycles. The Morgan fingerprint density at radius 2 is 1.70 bits per heavy atom. The van der Waals surface area contributed by atoms with Crippen LogP contribution in [0.25, 0.3) is 0 Å². The van der Waals surface area contributed by atoms with Gasteiger partial charge in [0.05, 0.1) is 40.4 Å². The molecule has 23 heavy (non-hydrogen) atoms. The summed E-state index contributed by atoms with van der Waals surface area (Å²) in [5, 5.41) is 5.17. The summed E-state index contributed by atoms with van der Waals surface area (Å²) in [6, 6.07) is 4.91. The van der Waals surface area contributed by atoms with E-state index in [4.69, 9.17) is 9.47 Å². The van der Waals surface area contributed by atoms with Crippen molar-refractivity contribution in [2.75, 3.05) is 45.7 Å². The van der Waals surface area contributed by atoms with E-state index in [1.54, 1.807) is 18.2 Å². The second kappa shape index (κ2) is 9.68. The summed E-state index contributed by atoms with van der Waals surface area (Å²) in [6.07, 6.45) is 0. The number of nitrogens with one attached hydrogen (secondary N) is 3. The molecule has 0 aromatic heterocycles. The van der Waals surface area contributed by atoms with Crippen LogP contribution in [-0.4, -0.2) is 52.2 Å². The number of rotatable bonds is 8. The van der Waals surface area contributed by atoms with Gasteiger partial charge in [-0.1, -0.05) is 0 Å². The van der Waals surface area contributed by atoms with Crippen LogP contribution in [0.2, 0.25) is 0 Å². The fourth-order valence-corrected chi connectivity index (χ4v) is 2.14. The minimum absolute atomic E-state index is 0.467. The summed E-state index contributed by atoms with van der Waals surface area (Å²) in [5.41, 5.74) is 0.470. The predicted molar refractivity (Wildman–Crippen MR) is 88.1 cm³/mol. The molecule has 0 aliphatic rings. The lowest BCUT2D eigenvalue weighted by Crippen LogP contribution is -3.12. The van der Waals surface area contributed by atoms with Gasteiger partial charge in [-0.2, -0.15) is 0 Å². The summed E-state index contributed by atoms with van der Waals surface area (Å²) in [6.45, 7) is 7.42. The average molecular weight is 324 g/mol. The van der Waals surface area contributed by atoms with Crippen LogP contribution >= 0.6 is 0 Å². The highest BCUT2D eigenvalue weighted by atomic mass is 16.5. The zero-order valence-electron chi connectivity index (χ0n) is 14.2. The molecule has 0 atom stereocenters. The van der Waals surface area contributed by atoms with Crippen LogP contribution in [-0.2, 0) is 9.59 Å². The number of anilines is 1. The number of likely N-dealkylation sites (N-methyl/N-ethyl adjacent to an activating group) is 1. The predicted octanol–water partition coefficient (Wildman–Crippen LogP) is -0.317. The summed E-state index contributed by atoms with van der Waals surface area (Å²) in [5.74, 6) is -0.314. The van der Waals surface area contributed by atoms with Gasteiger partial charge in [0.15, 0.2) is 11.5 Å². The second-order valence-electron chi connectivity index (χ2n) is 4.99. The summed E-state index contributed by atoms with van der Waals surface area (Å²) in [4.78, 5) is 25.0. The molecule has 1 rings (SSSR count). The van der Waals surface area contributed by atoms with Gasteiger partial charge in [-0.25, -0.2) is 0 Å². The van der Waals surface area contributed by atoms with E-state index in [0.29, 0.717) is 23.7 Å². The molecule has 7 nitrogen and oxygen atoms in total. The first-order valence-corrected chi connectivity index (χ1v) is 7.70. The lowest BCUT2D eigenvalue weighted by atomic mass is 10.2. The fraction of sp³-hybridized carbons (Fsp3) is 0.500. The Balaban J connectivity index is 2.53. The molecule has 2 amide bonds. The van der Waals surface area contributed by atoms with Crippen molar-refractivity contribution in [2.24, 2.45) is 0 Å².